The highest BCUT2D eigenvalue weighted by molar-refractivity contribution is 5.85. The van der Waals surface area contributed by atoms with Crippen molar-refractivity contribution in [1.29, 1.82) is 0 Å². The van der Waals surface area contributed by atoms with Crippen LogP contribution in [0.15, 0.2) is 41.1 Å². The molecule has 0 amide bonds. The van der Waals surface area contributed by atoms with Gasteiger partial charge < -0.3 is 15.4 Å². The molecule has 1 aromatic carbocycles. The summed E-state index contributed by atoms with van der Waals surface area (Å²) in [6.07, 6.45) is 1.88. The molecule has 0 bridgehead atoms. The third kappa shape index (κ3) is 3.32. The number of rotatable bonds is 4. The van der Waals surface area contributed by atoms with E-state index in [-0.39, 0.29) is 12.4 Å². The van der Waals surface area contributed by atoms with Crippen LogP contribution < -0.4 is 5.73 Å². The minimum Gasteiger partial charge on any atom is -0.480 e. The molecule has 3 N–H and O–H groups in total. The lowest BCUT2D eigenvalue weighted by atomic mass is 10.0. The first-order valence-corrected chi connectivity index (χ1v) is 5.15. The number of halogens is 1. The van der Waals surface area contributed by atoms with Crippen molar-refractivity contribution in [2.75, 3.05) is 0 Å². The van der Waals surface area contributed by atoms with Crippen molar-refractivity contribution < 1.29 is 14.4 Å². The summed E-state index contributed by atoms with van der Waals surface area (Å²) < 4.78 is 5.01. The molecule has 0 aliphatic rings. The fourth-order valence-corrected chi connectivity index (χ4v) is 1.51. The van der Waals surface area contributed by atoms with E-state index in [0.717, 1.165) is 11.1 Å². The summed E-state index contributed by atoms with van der Waals surface area (Å²) in [6, 6.07) is 8.26. The summed E-state index contributed by atoms with van der Waals surface area (Å²) in [5, 5.41) is 12.3. The average Bonchev–Trinajstić information content (AvgIpc) is 2.83. The Morgan fingerprint density at radius 3 is 2.50 bits per heavy atom. The molecule has 1 aromatic heterocycles. The second kappa shape index (κ2) is 6.18. The van der Waals surface area contributed by atoms with Crippen LogP contribution in [0.3, 0.4) is 0 Å². The molecule has 0 aliphatic heterocycles. The molecule has 2 rings (SSSR count). The molecule has 0 aliphatic carbocycles. The van der Waals surface area contributed by atoms with Crippen LogP contribution in [0, 0.1) is 0 Å². The van der Waals surface area contributed by atoms with Crippen LogP contribution in [-0.4, -0.2) is 22.3 Å². The molecular formula is C12H13ClN2O3. The van der Waals surface area contributed by atoms with Crippen LogP contribution in [0.25, 0.3) is 11.3 Å². The summed E-state index contributed by atoms with van der Waals surface area (Å²) in [5.74, 6) is -0.316. The minimum absolute atomic E-state index is 0. The summed E-state index contributed by atoms with van der Waals surface area (Å²) >= 11 is 0. The van der Waals surface area contributed by atoms with E-state index in [1.54, 1.807) is 12.3 Å². The lowest BCUT2D eigenvalue weighted by Crippen LogP contribution is -2.32. The maximum absolute atomic E-state index is 10.6. The maximum atomic E-state index is 10.6. The lowest BCUT2D eigenvalue weighted by molar-refractivity contribution is -0.138. The van der Waals surface area contributed by atoms with E-state index < -0.39 is 12.0 Å². The first-order chi connectivity index (χ1) is 8.16. The molecule has 0 radical (unpaired) electrons. The second-order valence-corrected chi connectivity index (χ2v) is 3.72. The molecule has 0 spiro atoms. The molecule has 18 heavy (non-hydrogen) atoms. The van der Waals surface area contributed by atoms with E-state index in [1.165, 1.54) is 0 Å². The van der Waals surface area contributed by atoms with E-state index in [1.807, 2.05) is 24.3 Å². The monoisotopic (exact) mass is 268 g/mol. The summed E-state index contributed by atoms with van der Waals surface area (Å²) in [7, 11) is 0. The molecule has 1 heterocycles. The van der Waals surface area contributed by atoms with Crippen LogP contribution in [0.2, 0.25) is 0 Å². The van der Waals surface area contributed by atoms with Gasteiger partial charge in [-0.15, -0.1) is 12.4 Å². The van der Waals surface area contributed by atoms with Crippen LogP contribution in [0.5, 0.6) is 0 Å². The number of carboxylic acids is 1. The van der Waals surface area contributed by atoms with E-state index in [2.05, 4.69) is 5.16 Å². The number of hydrogen-bond donors (Lipinski definition) is 2. The molecule has 1 atom stereocenters. The van der Waals surface area contributed by atoms with Crippen molar-refractivity contribution in [3.63, 3.8) is 0 Å². The van der Waals surface area contributed by atoms with Gasteiger partial charge in [-0.2, -0.15) is 0 Å². The average molecular weight is 269 g/mol. The van der Waals surface area contributed by atoms with E-state index in [0.29, 0.717) is 12.2 Å². The fraction of sp³-hybridized carbons (Fsp3) is 0.167. The highest BCUT2D eigenvalue weighted by Crippen LogP contribution is 2.19. The maximum Gasteiger partial charge on any atom is 0.320 e. The van der Waals surface area contributed by atoms with Crippen LogP contribution in [-0.2, 0) is 11.2 Å². The van der Waals surface area contributed by atoms with Crippen molar-refractivity contribution in [2.45, 2.75) is 12.5 Å². The molecule has 6 heteroatoms. The first kappa shape index (κ1) is 14.2. The number of nitrogens with zero attached hydrogens (tertiary/aromatic N) is 1. The number of aromatic nitrogens is 1. The van der Waals surface area contributed by atoms with Crippen molar-refractivity contribution in [3.8, 4) is 11.3 Å². The van der Waals surface area contributed by atoms with Gasteiger partial charge >= 0.3 is 5.97 Å². The minimum atomic E-state index is -0.996. The molecule has 96 valence electrons. The number of carbonyl (C=O) groups is 1. The summed E-state index contributed by atoms with van der Waals surface area (Å²) in [5.41, 5.74) is 7.23. The van der Waals surface area contributed by atoms with Gasteiger partial charge in [0, 0.05) is 11.6 Å². The van der Waals surface area contributed by atoms with Crippen molar-refractivity contribution in [2.24, 2.45) is 5.73 Å². The fourth-order valence-electron chi connectivity index (χ4n) is 1.51. The topological polar surface area (TPSA) is 89.4 Å². The predicted octanol–water partition coefficient (Wildman–Crippen LogP) is 1.72. The zero-order valence-corrected chi connectivity index (χ0v) is 10.3. The molecule has 0 saturated heterocycles. The van der Waals surface area contributed by atoms with E-state index in [4.69, 9.17) is 15.4 Å². The Balaban J connectivity index is 0.00000162. The van der Waals surface area contributed by atoms with Gasteiger partial charge in [0.05, 0.1) is 6.20 Å². The molecule has 1 unspecified atom stereocenters. The molecule has 0 saturated carbocycles. The first-order valence-electron chi connectivity index (χ1n) is 5.15. The van der Waals surface area contributed by atoms with E-state index >= 15 is 0 Å². The van der Waals surface area contributed by atoms with Gasteiger partial charge in [-0.1, -0.05) is 29.4 Å². The van der Waals surface area contributed by atoms with Crippen LogP contribution in [0.1, 0.15) is 5.56 Å². The molecule has 2 aromatic rings. The number of hydrogen-bond acceptors (Lipinski definition) is 4. The Bertz CT molecular complexity index is 497. The van der Waals surface area contributed by atoms with Gasteiger partial charge in [-0.3, -0.25) is 4.79 Å². The van der Waals surface area contributed by atoms with E-state index in [9.17, 15) is 4.79 Å². The Hall–Kier alpha value is -1.85. The molecule has 0 fully saturated rings. The number of carboxylic acid groups (broad SMARTS) is 1. The highest BCUT2D eigenvalue weighted by Gasteiger charge is 2.12. The van der Waals surface area contributed by atoms with Crippen molar-refractivity contribution in [3.05, 3.63) is 42.1 Å². The second-order valence-electron chi connectivity index (χ2n) is 3.72. The van der Waals surface area contributed by atoms with Crippen molar-refractivity contribution in [1.82, 2.24) is 5.16 Å². The normalized spacial score (nSPS) is 11.6. The largest absolute Gasteiger partial charge is 0.480 e. The Morgan fingerprint density at radius 1 is 1.33 bits per heavy atom. The van der Waals surface area contributed by atoms with Crippen molar-refractivity contribution >= 4 is 18.4 Å². The zero-order chi connectivity index (χ0) is 12.3. The summed E-state index contributed by atoms with van der Waals surface area (Å²) in [6.45, 7) is 0. The Morgan fingerprint density at radius 2 is 2.00 bits per heavy atom. The SMILES string of the molecule is Cl.NC(Cc1ccc(-c2ccno2)cc1)C(=O)O. The van der Waals surface area contributed by atoms with Gasteiger partial charge in [-0.25, -0.2) is 0 Å². The van der Waals surface area contributed by atoms with Gasteiger partial charge in [0.2, 0.25) is 0 Å². The Labute approximate surface area is 110 Å². The highest BCUT2D eigenvalue weighted by atomic mass is 35.5. The smallest absolute Gasteiger partial charge is 0.320 e. The van der Waals surface area contributed by atoms with Gasteiger partial charge in [0.25, 0.3) is 0 Å². The third-order valence-electron chi connectivity index (χ3n) is 2.45. The predicted molar refractivity (Wildman–Crippen MR) is 68.5 cm³/mol. The summed E-state index contributed by atoms with van der Waals surface area (Å²) in [4.78, 5) is 10.6. The Kier molecular flexibility index (Phi) is 4.88. The van der Waals surface area contributed by atoms with Crippen LogP contribution >= 0.6 is 12.4 Å². The number of aliphatic carboxylic acids is 1. The molecule has 5 nitrogen and oxygen atoms in total. The third-order valence-corrected chi connectivity index (χ3v) is 2.45. The zero-order valence-electron chi connectivity index (χ0n) is 9.45. The number of nitrogens with two attached hydrogens (primary N) is 1. The number of benzene rings is 1. The van der Waals surface area contributed by atoms with Gasteiger partial charge in [-0.05, 0) is 12.0 Å². The molecular weight excluding hydrogens is 256 g/mol. The van der Waals surface area contributed by atoms with Crippen LogP contribution in [0.4, 0.5) is 0 Å². The lowest BCUT2D eigenvalue weighted by Gasteiger charge is -2.06. The van der Waals surface area contributed by atoms with Gasteiger partial charge in [0.1, 0.15) is 6.04 Å². The standard InChI is InChI=1S/C12H12N2O3.ClH/c13-10(12(15)16)7-8-1-3-9(4-2-8)11-5-6-14-17-11;/h1-6,10H,7,13H2,(H,15,16);1H. The van der Waals surface area contributed by atoms with Gasteiger partial charge in [0.15, 0.2) is 5.76 Å². The quantitative estimate of drug-likeness (QED) is 0.881.